The molecule has 140 valence electrons. The van der Waals surface area contributed by atoms with Gasteiger partial charge in [0.25, 0.3) is 0 Å². The molecule has 27 heavy (non-hydrogen) atoms. The van der Waals surface area contributed by atoms with E-state index < -0.39 is 0 Å². The van der Waals surface area contributed by atoms with Crippen LogP contribution < -0.4 is 0 Å². The first kappa shape index (κ1) is 19.6. The highest BCUT2D eigenvalue weighted by molar-refractivity contribution is 8.17. The van der Waals surface area contributed by atoms with Crippen molar-refractivity contribution in [1.29, 1.82) is 0 Å². The van der Waals surface area contributed by atoms with Gasteiger partial charge in [-0.3, -0.25) is 0 Å². The fraction of sp³-hybridized carbons (Fsp3) is 0.348. The molecule has 1 unspecified atom stereocenters. The van der Waals surface area contributed by atoms with Crippen LogP contribution >= 0.6 is 11.8 Å². The summed E-state index contributed by atoms with van der Waals surface area (Å²) in [5, 5.41) is 1.10. The highest BCUT2D eigenvalue weighted by Gasteiger charge is 2.25. The normalized spacial score (nSPS) is 20.3. The summed E-state index contributed by atoms with van der Waals surface area (Å²) in [7, 11) is 0. The first-order valence-electron chi connectivity index (χ1n) is 9.41. The van der Waals surface area contributed by atoms with Crippen molar-refractivity contribution in [2.45, 2.75) is 47.5 Å². The number of hydrogen-bond donors (Lipinski definition) is 0. The van der Waals surface area contributed by atoms with Gasteiger partial charge in [-0.2, -0.15) is 0 Å². The maximum atomic E-state index is 4.99. The Kier molecular flexibility index (Phi) is 6.27. The number of hydrogen-bond acceptors (Lipinski definition) is 4. The third-order valence-electron chi connectivity index (χ3n) is 4.66. The zero-order valence-electron chi connectivity index (χ0n) is 16.8. The quantitative estimate of drug-likeness (QED) is 0.624. The van der Waals surface area contributed by atoms with Crippen molar-refractivity contribution in [3.8, 4) is 0 Å². The van der Waals surface area contributed by atoms with E-state index in [0.29, 0.717) is 5.92 Å². The van der Waals surface area contributed by atoms with E-state index in [9.17, 15) is 0 Å². The zero-order valence-corrected chi connectivity index (χ0v) is 17.6. The highest BCUT2D eigenvalue weighted by Crippen LogP contribution is 2.41. The van der Waals surface area contributed by atoms with Crippen molar-refractivity contribution < 1.29 is 0 Å². The number of benzene rings is 1. The molecular weight excluding hydrogens is 350 g/mol. The summed E-state index contributed by atoms with van der Waals surface area (Å²) in [4.78, 5) is 15.3. The van der Waals surface area contributed by atoms with Crippen LogP contribution in [0.1, 0.15) is 44.3 Å². The molecule has 0 bridgehead atoms. The van der Waals surface area contributed by atoms with Crippen LogP contribution in [0.15, 0.2) is 63.6 Å². The summed E-state index contributed by atoms with van der Waals surface area (Å²) in [6, 6.07) is 10.3. The molecule has 1 saturated heterocycles. The molecule has 1 atom stereocenters. The monoisotopic (exact) mass is 377 g/mol. The smallest absolute Gasteiger partial charge is 0.132 e. The molecule has 0 amide bonds. The van der Waals surface area contributed by atoms with Crippen molar-refractivity contribution >= 4 is 22.5 Å². The predicted molar refractivity (Wildman–Crippen MR) is 117 cm³/mol. The van der Waals surface area contributed by atoms with E-state index in [1.54, 1.807) is 0 Å². The Morgan fingerprint density at radius 3 is 2.59 bits per heavy atom. The lowest BCUT2D eigenvalue weighted by molar-refractivity contribution is 0.705. The van der Waals surface area contributed by atoms with E-state index in [0.717, 1.165) is 35.1 Å². The van der Waals surface area contributed by atoms with Gasteiger partial charge in [-0.15, -0.1) is 0 Å². The van der Waals surface area contributed by atoms with E-state index in [1.165, 1.54) is 21.6 Å². The second-order valence-corrected chi connectivity index (χ2v) is 8.44. The Morgan fingerprint density at radius 2 is 1.93 bits per heavy atom. The van der Waals surface area contributed by atoms with Gasteiger partial charge in [-0.25, -0.2) is 15.0 Å². The van der Waals surface area contributed by atoms with Crippen LogP contribution in [-0.2, 0) is 6.42 Å². The SMILES string of the molecule is CC(C)=C1CC(C)/C(=C\Cc2nccc(C)n2)C(=Nc2ccc(C)cc2)S1. The lowest BCUT2D eigenvalue weighted by atomic mass is 9.95. The van der Waals surface area contributed by atoms with Crippen molar-refractivity contribution in [3.05, 3.63) is 75.7 Å². The second kappa shape index (κ2) is 8.66. The maximum Gasteiger partial charge on any atom is 0.132 e. The molecule has 1 aliphatic heterocycles. The van der Waals surface area contributed by atoms with Crippen LogP contribution in [0.5, 0.6) is 0 Å². The average Bonchev–Trinajstić information content (AvgIpc) is 2.62. The number of aromatic nitrogens is 2. The summed E-state index contributed by atoms with van der Waals surface area (Å²) in [5.41, 5.74) is 5.94. The molecule has 1 fully saturated rings. The molecule has 1 aromatic carbocycles. The predicted octanol–water partition coefficient (Wildman–Crippen LogP) is 6.36. The fourth-order valence-electron chi connectivity index (χ4n) is 3.04. The van der Waals surface area contributed by atoms with Gasteiger partial charge >= 0.3 is 0 Å². The minimum Gasteiger partial charge on any atom is -0.241 e. The fourth-order valence-corrected chi connectivity index (χ4v) is 4.36. The summed E-state index contributed by atoms with van der Waals surface area (Å²) in [6.07, 6.45) is 5.90. The number of aliphatic imine (C=N–C) groups is 1. The summed E-state index contributed by atoms with van der Waals surface area (Å²) in [6.45, 7) is 10.8. The van der Waals surface area contributed by atoms with Gasteiger partial charge in [0.2, 0.25) is 0 Å². The van der Waals surface area contributed by atoms with Gasteiger partial charge in [0.15, 0.2) is 0 Å². The van der Waals surface area contributed by atoms with Crippen molar-refractivity contribution in [2.75, 3.05) is 0 Å². The lowest BCUT2D eigenvalue weighted by Gasteiger charge is -2.26. The number of thioether (sulfide) groups is 1. The Morgan fingerprint density at radius 1 is 1.19 bits per heavy atom. The Bertz CT molecular complexity index is 903. The number of rotatable bonds is 3. The first-order chi connectivity index (χ1) is 12.9. The molecule has 0 radical (unpaired) electrons. The van der Waals surface area contributed by atoms with Gasteiger partial charge < -0.3 is 0 Å². The topological polar surface area (TPSA) is 38.1 Å². The standard InChI is InChI=1S/C23H27N3S/c1-15(2)21-14-17(4)20(10-11-22-24-13-12-18(5)25-22)23(27-21)26-19-8-6-16(3)7-9-19/h6-10,12-13,17H,11,14H2,1-5H3/b20-10+,26-23?. The second-order valence-electron chi connectivity index (χ2n) is 7.36. The van der Waals surface area contributed by atoms with Crippen LogP contribution in [0.4, 0.5) is 5.69 Å². The largest absolute Gasteiger partial charge is 0.241 e. The lowest BCUT2D eigenvalue weighted by Crippen LogP contribution is -2.16. The molecule has 1 aliphatic rings. The molecule has 1 aromatic heterocycles. The molecule has 3 nitrogen and oxygen atoms in total. The van der Waals surface area contributed by atoms with E-state index in [4.69, 9.17) is 4.99 Å². The zero-order chi connectivity index (χ0) is 19.4. The molecule has 0 saturated carbocycles. The molecule has 2 aromatic rings. The summed E-state index contributed by atoms with van der Waals surface area (Å²) < 4.78 is 0. The Labute approximate surface area is 166 Å². The average molecular weight is 378 g/mol. The van der Waals surface area contributed by atoms with Gasteiger partial charge in [0, 0.05) is 18.3 Å². The van der Waals surface area contributed by atoms with E-state index >= 15 is 0 Å². The number of allylic oxidation sites excluding steroid dienone is 3. The Balaban J connectivity index is 1.96. The molecule has 2 heterocycles. The number of nitrogens with zero attached hydrogens (tertiary/aromatic N) is 3. The third kappa shape index (κ3) is 5.16. The van der Waals surface area contributed by atoms with Crippen LogP contribution in [-0.4, -0.2) is 15.0 Å². The van der Waals surface area contributed by atoms with Crippen molar-refractivity contribution in [1.82, 2.24) is 9.97 Å². The van der Waals surface area contributed by atoms with Gasteiger partial charge in [-0.1, -0.05) is 48.0 Å². The highest BCUT2D eigenvalue weighted by atomic mass is 32.2. The summed E-state index contributed by atoms with van der Waals surface area (Å²) in [5.74, 6) is 1.30. The van der Waals surface area contributed by atoms with Crippen LogP contribution in [0.2, 0.25) is 0 Å². The molecule has 0 N–H and O–H groups in total. The van der Waals surface area contributed by atoms with Crippen LogP contribution in [0, 0.1) is 19.8 Å². The van der Waals surface area contributed by atoms with E-state index in [-0.39, 0.29) is 0 Å². The van der Waals surface area contributed by atoms with Crippen molar-refractivity contribution in [3.63, 3.8) is 0 Å². The van der Waals surface area contributed by atoms with Crippen LogP contribution in [0.25, 0.3) is 0 Å². The van der Waals surface area contributed by atoms with E-state index in [2.05, 4.69) is 68.0 Å². The molecule has 0 aliphatic carbocycles. The Hall–Kier alpha value is -2.20. The van der Waals surface area contributed by atoms with Gasteiger partial charge in [0.05, 0.1) is 5.69 Å². The minimum absolute atomic E-state index is 0.435. The first-order valence-corrected chi connectivity index (χ1v) is 10.2. The molecule has 4 heteroatoms. The van der Waals surface area contributed by atoms with Crippen molar-refractivity contribution in [2.24, 2.45) is 10.9 Å². The van der Waals surface area contributed by atoms with Crippen LogP contribution in [0.3, 0.4) is 0 Å². The summed E-state index contributed by atoms with van der Waals surface area (Å²) >= 11 is 1.81. The third-order valence-corrected chi connectivity index (χ3v) is 6.00. The van der Waals surface area contributed by atoms with E-state index in [1.807, 2.05) is 30.9 Å². The number of aryl methyl sites for hydroxylation is 2. The minimum atomic E-state index is 0.435. The maximum absolute atomic E-state index is 4.99. The van der Waals surface area contributed by atoms with Gasteiger partial charge in [-0.05, 0) is 68.7 Å². The van der Waals surface area contributed by atoms with Gasteiger partial charge in [0.1, 0.15) is 10.9 Å². The molecular formula is C23H27N3S. The molecule has 0 spiro atoms. The molecule has 3 rings (SSSR count).